The van der Waals surface area contributed by atoms with Gasteiger partial charge < -0.3 is 0 Å². The van der Waals surface area contributed by atoms with Crippen LogP contribution in [0.2, 0.25) is 5.15 Å². The molecule has 0 saturated carbocycles. The summed E-state index contributed by atoms with van der Waals surface area (Å²) < 4.78 is 26.5. The number of nitrogens with one attached hydrogen (secondary N) is 1. The van der Waals surface area contributed by atoms with Crippen LogP contribution in [-0.4, -0.2) is 18.4 Å². The van der Waals surface area contributed by atoms with E-state index in [2.05, 4.69) is 14.7 Å². The molecule has 6 nitrogen and oxygen atoms in total. The van der Waals surface area contributed by atoms with Gasteiger partial charge in [0.2, 0.25) is 16.0 Å². The van der Waals surface area contributed by atoms with Crippen LogP contribution in [0.15, 0.2) is 30.3 Å². The average Bonchev–Trinajstić information content (AvgIpc) is 2.36. The second-order valence-corrected chi connectivity index (χ2v) is 6.40. The summed E-state index contributed by atoms with van der Waals surface area (Å²) in [6.07, 6.45) is 0. The molecule has 0 aliphatic carbocycles. The van der Waals surface area contributed by atoms with Crippen LogP contribution in [0.3, 0.4) is 0 Å². The number of sulfonamides is 1. The topological polar surface area (TPSA) is 95.7 Å². The van der Waals surface area contributed by atoms with Crippen LogP contribution in [0.5, 0.6) is 0 Å². The fourth-order valence-electron chi connectivity index (χ4n) is 1.71. The lowest BCUT2D eigenvalue weighted by atomic mass is 10.1. The van der Waals surface area contributed by atoms with Crippen molar-refractivity contribution in [2.75, 3.05) is 4.72 Å². The molecule has 0 spiro atoms. The molecule has 0 aliphatic rings. The number of hydrogen-bond acceptors (Lipinski definition) is 5. The van der Waals surface area contributed by atoms with E-state index < -0.39 is 10.0 Å². The smallest absolute Gasteiger partial charge is 0.239 e. The predicted molar refractivity (Wildman–Crippen MR) is 79.2 cm³/mol. The molecule has 1 N–H and O–H groups in total. The van der Waals surface area contributed by atoms with Gasteiger partial charge in [-0.2, -0.15) is 5.26 Å². The summed E-state index contributed by atoms with van der Waals surface area (Å²) in [6, 6.07) is 9.96. The molecule has 0 bridgehead atoms. The van der Waals surface area contributed by atoms with Gasteiger partial charge in [0.25, 0.3) is 0 Å². The molecule has 2 aromatic rings. The molecule has 0 aliphatic heterocycles. The van der Waals surface area contributed by atoms with Gasteiger partial charge in [-0.05, 0) is 24.6 Å². The normalized spacial score (nSPS) is 10.9. The molecule has 108 valence electrons. The van der Waals surface area contributed by atoms with E-state index in [-0.39, 0.29) is 16.9 Å². The highest BCUT2D eigenvalue weighted by Crippen LogP contribution is 2.15. The Kier molecular flexibility index (Phi) is 4.40. The van der Waals surface area contributed by atoms with Gasteiger partial charge in [-0.15, -0.1) is 0 Å². The van der Waals surface area contributed by atoms with Gasteiger partial charge in [-0.25, -0.2) is 18.4 Å². The third-order valence-electron chi connectivity index (χ3n) is 2.55. The lowest BCUT2D eigenvalue weighted by Gasteiger charge is -2.08. The van der Waals surface area contributed by atoms with Crippen LogP contribution in [0, 0.1) is 18.3 Å². The molecule has 0 radical (unpaired) electrons. The SMILES string of the molecule is Cc1cc(Cl)nc(NS(=O)(=O)Cc2ccccc2C#N)n1. The van der Waals surface area contributed by atoms with Crippen molar-refractivity contribution in [1.29, 1.82) is 5.26 Å². The van der Waals surface area contributed by atoms with Gasteiger partial charge in [0.1, 0.15) is 5.15 Å². The summed E-state index contributed by atoms with van der Waals surface area (Å²) in [5.74, 6) is -0.430. The van der Waals surface area contributed by atoms with Crippen LogP contribution in [0.25, 0.3) is 0 Å². The Morgan fingerprint density at radius 2 is 2.05 bits per heavy atom. The van der Waals surface area contributed by atoms with Gasteiger partial charge >= 0.3 is 0 Å². The van der Waals surface area contributed by atoms with Crippen molar-refractivity contribution < 1.29 is 8.42 Å². The zero-order chi connectivity index (χ0) is 15.5. The molecular weight excluding hydrogens is 312 g/mol. The fourth-order valence-corrected chi connectivity index (χ4v) is 3.05. The first kappa shape index (κ1) is 15.2. The Bertz CT molecular complexity index is 795. The van der Waals surface area contributed by atoms with Crippen molar-refractivity contribution >= 4 is 27.6 Å². The van der Waals surface area contributed by atoms with E-state index in [1.54, 1.807) is 31.2 Å². The van der Waals surface area contributed by atoms with Gasteiger partial charge in [0, 0.05) is 5.69 Å². The van der Waals surface area contributed by atoms with E-state index in [1.807, 2.05) is 6.07 Å². The van der Waals surface area contributed by atoms with E-state index in [0.29, 0.717) is 16.8 Å². The Hall–Kier alpha value is -2.17. The summed E-state index contributed by atoms with van der Waals surface area (Å²) in [6.45, 7) is 1.68. The molecule has 0 saturated heterocycles. The van der Waals surface area contributed by atoms with Crippen molar-refractivity contribution in [2.24, 2.45) is 0 Å². The third-order valence-corrected chi connectivity index (χ3v) is 3.93. The number of nitrogens with zero attached hydrogens (tertiary/aromatic N) is 3. The summed E-state index contributed by atoms with van der Waals surface area (Å²) >= 11 is 5.76. The maximum absolute atomic E-state index is 12.1. The lowest BCUT2D eigenvalue weighted by Crippen LogP contribution is -2.17. The molecule has 1 heterocycles. The number of hydrogen-bond donors (Lipinski definition) is 1. The molecule has 1 aromatic carbocycles. The van der Waals surface area contributed by atoms with Crippen molar-refractivity contribution in [3.05, 3.63) is 52.3 Å². The fraction of sp³-hybridized carbons (Fsp3) is 0.154. The Morgan fingerprint density at radius 3 is 2.71 bits per heavy atom. The van der Waals surface area contributed by atoms with Crippen molar-refractivity contribution in [2.45, 2.75) is 12.7 Å². The molecule has 0 atom stereocenters. The van der Waals surface area contributed by atoms with Gasteiger partial charge in [0.05, 0.1) is 17.4 Å². The van der Waals surface area contributed by atoms with Gasteiger partial charge in [0.15, 0.2) is 0 Å². The highest BCUT2D eigenvalue weighted by atomic mass is 35.5. The van der Waals surface area contributed by atoms with Crippen molar-refractivity contribution in [3.63, 3.8) is 0 Å². The first-order valence-corrected chi connectivity index (χ1v) is 7.92. The first-order valence-electron chi connectivity index (χ1n) is 5.89. The standard InChI is InChI=1S/C13H11ClN4O2S/c1-9-6-12(14)17-13(16-9)18-21(19,20)8-11-5-3-2-4-10(11)7-15/h2-6H,8H2,1H3,(H,16,17,18). The molecule has 8 heteroatoms. The largest absolute Gasteiger partial charge is 0.251 e. The maximum Gasteiger partial charge on any atom is 0.239 e. The van der Waals surface area contributed by atoms with E-state index in [9.17, 15) is 8.42 Å². The summed E-state index contributed by atoms with van der Waals surface area (Å²) in [7, 11) is -3.74. The van der Waals surface area contributed by atoms with Crippen LogP contribution in [0.4, 0.5) is 5.95 Å². The minimum atomic E-state index is -3.74. The summed E-state index contributed by atoms with van der Waals surface area (Å²) in [4.78, 5) is 7.76. The zero-order valence-electron chi connectivity index (χ0n) is 11.0. The Morgan fingerprint density at radius 1 is 1.33 bits per heavy atom. The molecular formula is C13H11ClN4O2S. The lowest BCUT2D eigenvalue weighted by molar-refractivity contribution is 0.600. The third kappa shape index (κ3) is 4.15. The molecule has 0 unspecified atom stereocenters. The first-order chi connectivity index (χ1) is 9.89. The predicted octanol–water partition coefficient (Wildman–Crippen LogP) is 2.25. The summed E-state index contributed by atoms with van der Waals surface area (Å²) in [5, 5.41) is 9.12. The highest BCUT2D eigenvalue weighted by molar-refractivity contribution is 7.91. The second kappa shape index (κ2) is 6.08. The minimum absolute atomic E-state index is 0.0885. The van der Waals surface area contributed by atoms with Gasteiger partial charge in [-0.3, -0.25) is 4.72 Å². The van der Waals surface area contributed by atoms with E-state index in [4.69, 9.17) is 16.9 Å². The summed E-state index contributed by atoms with van der Waals surface area (Å²) in [5.41, 5.74) is 1.27. The second-order valence-electron chi connectivity index (χ2n) is 4.29. The van der Waals surface area contributed by atoms with Crippen molar-refractivity contribution in [3.8, 4) is 6.07 Å². The Balaban J connectivity index is 2.25. The zero-order valence-corrected chi connectivity index (χ0v) is 12.6. The molecule has 1 aromatic heterocycles. The Labute approximate surface area is 127 Å². The van der Waals surface area contributed by atoms with Crippen LogP contribution in [0.1, 0.15) is 16.8 Å². The molecule has 2 rings (SSSR count). The minimum Gasteiger partial charge on any atom is -0.251 e. The number of anilines is 1. The number of benzene rings is 1. The van der Waals surface area contributed by atoms with E-state index in [0.717, 1.165) is 0 Å². The van der Waals surface area contributed by atoms with E-state index in [1.165, 1.54) is 6.07 Å². The average molecular weight is 323 g/mol. The number of aromatic nitrogens is 2. The highest BCUT2D eigenvalue weighted by Gasteiger charge is 2.16. The maximum atomic E-state index is 12.1. The quantitative estimate of drug-likeness (QED) is 0.871. The monoisotopic (exact) mass is 322 g/mol. The molecule has 21 heavy (non-hydrogen) atoms. The molecule has 0 fully saturated rings. The van der Waals surface area contributed by atoms with Crippen LogP contribution < -0.4 is 4.72 Å². The van der Waals surface area contributed by atoms with Crippen LogP contribution in [-0.2, 0) is 15.8 Å². The number of rotatable bonds is 4. The van der Waals surface area contributed by atoms with Crippen LogP contribution >= 0.6 is 11.6 Å². The molecule has 0 amide bonds. The van der Waals surface area contributed by atoms with Gasteiger partial charge in [-0.1, -0.05) is 29.8 Å². The van der Waals surface area contributed by atoms with E-state index >= 15 is 0 Å². The van der Waals surface area contributed by atoms with Crippen molar-refractivity contribution in [1.82, 2.24) is 9.97 Å². The number of nitriles is 1. The number of halogens is 1. The number of aryl methyl sites for hydroxylation is 1.